The molecule has 2 heterocycles. The minimum Gasteiger partial charge on any atom is -0.496 e. The lowest BCUT2D eigenvalue weighted by molar-refractivity contribution is 0.405. The van der Waals surface area contributed by atoms with Crippen molar-refractivity contribution in [3.63, 3.8) is 0 Å². The summed E-state index contributed by atoms with van der Waals surface area (Å²) in [7, 11) is 3.34. The van der Waals surface area contributed by atoms with Gasteiger partial charge in [-0.2, -0.15) is 0 Å². The third kappa shape index (κ3) is 2.77. The number of aromatic nitrogens is 2. The summed E-state index contributed by atoms with van der Waals surface area (Å²) in [6, 6.07) is 3.74. The Hall–Kier alpha value is -2.10. The van der Waals surface area contributed by atoms with E-state index in [1.165, 1.54) is 0 Å². The Kier molecular flexibility index (Phi) is 4.12. The summed E-state index contributed by atoms with van der Waals surface area (Å²) in [6.07, 6.45) is 8.82. The molecule has 0 saturated carbocycles. The molecule has 0 radical (unpaired) electrons. The molecule has 0 aliphatic rings. The maximum absolute atomic E-state index is 5.30. The SMILES string of the molecule is COc1ccncc1CCc1cnccc1OC. The van der Waals surface area contributed by atoms with E-state index in [0.717, 1.165) is 35.5 Å². The quantitative estimate of drug-likeness (QED) is 0.809. The van der Waals surface area contributed by atoms with E-state index in [1.807, 2.05) is 24.5 Å². The molecule has 0 N–H and O–H groups in total. The van der Waals surface area contributed by atoms with Gasteiger partial charge in [-0.3, -0.25) is 9.97 Å². The fourth-order valence-electron chi connectivity index (χ4n) is 1.87. The molecule has 0 aliphatic carbocycles. The van der Waals surface area contributed by atoms with Crippen LogP contribution in [0.5, 0.6) is 11.5 Å². The molecular formula is C14H16N2O2. The van der Waals surface area contributed by atoms with Crippen molar-refractivity contribution in [1.29, 1.82) is 0 Å². The normalized spacial score (nSPS) is 10.1. The number of methoxy groups -OCH3 is 2. The van der Waals surface area contributed by atoms with Crippen molar-refractivity contribution >= 4 is 0 Å². The Morgan fingerprint density at radius 1 is 0.833 bits per heavy atom. The molecule has 0 amide bonds. The molecule has 2 rings (SSSR count). The van der Waals surface area contributed by atoms with Gasteiger partial charge in [-0.05, 0) is 25.0 Å². The molecule has 0 atom stereocenters. The minimum absolute atomic E-state index is 0.846. The summed E-state index contributed by atoms with van der Waals surface area (Å²) in [5.74, 6) is 1.74. The Balaban J connectivity index is 2.11. The fraction of sp³-hybridized carbons (Fsp3) is 0.286. The van der Waals surface area contributed by atoms with E-state index in [0.29, 0.717) is 0 Å². The molecular weight excluding hydrogens is 228 g/mol. The molecule has 4 nitrogen and oxygen atoms in total. The van der Waals surface area contributed by atoms with Crippen molar-refractivity contribution in [2.24, 2.45) is 0 Å². The van der Waals surface area contributed by atoms with Gasteiger partial charge in [-0.25, -0.2) is 0 Å². The molecule has 2 aromatic heterocycles. The molecule has 0 unspecified atom stereocenters. The second kappa shape index (κ2) is 6.00. The number of aryl methyl sites for hydroxylation is 2. The van der Waals surface area contributed by atoms with Crippen LogP contribution in [0.15, 0.2) is 36.9 Å². The Morgan fingerprint density at radius 3 is 1.67 bits per heavy atom. The standard InChI is InChI=1S/C14H16N2O2/c1-17-13-5-7-15-9-11(13)3-4-12-10-16-8-6-14(12)18-2/h5-10H,3-4H2,1-2H3. The lowest BCUT2D eigenvalue weighted by Crippen LogP contribution is -1.98. The molecule has 0 bridgehead atoms. The van der Waals surface area contributed by atoms with Crippen molar-refractivity contribution in [3.05, 3.63) is 48.0 Å². The zero-order valence-electron chi connectivity index (χ0n) is 10.6. The van der Waals surface area contributed by atoms with Crippen LogP contribution in [-0.4, -0.2) is 24.2 Å². The predicted octanol–water partition coefficient (Wildman–Crippen LogP) is 2.28. The van der Waals surface area contributed by atoms with E-state index in [-0.39, 0.29) is 0 Å². The van der Waals surface area contributed by atoms with Gasteiger partial charge in [0.1, 0.15) is 11.5 Å². The lowest BCUT2D eigenvalue weighted by atomic mass is 10.1. The lowest BCUT2D eigenvalue weighted by Gasteiger charge is -2.09. The zero-order valence-corrected chi connectivity index (χ0v) is 10.6. The summed E-state index contributed by atoms with van der Waals surface area (Å²) in [4.78, 5) is 8.24. The van der Waals surface area contributed by atoms with Crippen LogP contribution in [0.3, 0.4) is 0 Å². The monoisotopic (exact) mass is 244 g/mol. The number of hydrogen-bond acceptors (Lipinski definition) is 4. The van der Waals surface area contributed by atoms with E-state index >= 15 is 0 Å². The Morgan fingerprint density at radius 2 is 1.28 bits per heavy atom. The van der Waals surface area contributed by atoms with E-state index in [4.69, 9.17) is 9.47 Å². The van der Waals surface area contributed by atoms with Crippen molar-refractivity contribution < 1.29 is 9.47 Å². The molecule has 0 fully saturated rings. The Bertz CT molecular complexity index is 467. The van der Waals surface area contributed by atoms with Crippen LogP contribution in [-0.2, 0) is 12.8 Å². The van der Waals surface area contributed by atoms with Crippen molar-refractivity contribution in [3.8, 4) is 11.5 Å². The van der Waals surface area contributed by atoms with Crippen LogP contribution >= 0.6 is 0 Å². The number of pyridine rings is 2. The average Bonchev–Trinajstić information content (AvgIpc) is 2.45. The van der Waals surface area contributed by atoms with Crippen molar-refractivity contribution in [2.45, 2.75) is 12.8 Å². The highest BCUT2D eigenvalue weighted by Gasteiger charge is 2.06. The number of nitrogens with zero attached hydrogens (tertiary/aromatic N) is 2. The van der Waals surface area contributed by atoms with Crippen LogP contribution in [0, 0.1) is 0 Å². The molecule has 0 saturated heterocycles. The first-order valence-corrected chi connectivity index (χ1v) is 5.79. The van der Waals surface area contributed by atoms with Gasteiger partial charge in [0.2, 0.25) is 0 Å². The van der Waals surface area contributed by atoms with Crippen LogP contribution < -0.4 is 9.47 Å². The highest BCUT2D eigenvalue weighted by Crippen LogP contribution is 2.21. The summed E-state index contributed by atoms with van der Waals surface area (Å²) < 4.78 is 10.6. The average molecular weight is 244 g/mol. The molecule has 4 heteroatoms. The molecule has 0 spiro atoms. The first-order chi connectivity index (χ1) is 8.85. The van der Waals surface area contributed by atoms with E-state index in [1.54, 1.807) is 26.6 Å². The number of ether oxygens (including phenoxy) is 2. The maximum Gasteiger partial charge on any atom is 0.125 e. The van der Waals surface area contributed by atoms with Gasteiger partial charge in [-0.1, -0.05) is 0 Å². The van der Waals surface area contributed by atoms with Crippen molar-refractivity contribution in [2.75, 3.05) is 14.2 Å². The van der Waals surface area contributed by atoms with Gasteiger partial charge in [0.15, 0.2) is 0 Å². The fourth-order valence-corrected chi connectivity index (χ4v) is 1.87. The highest BCUT2D eigenvalue weighted by atomic mass is 16.5. The first-order valence-electron chi connectivity index (χ1n) is 5.79. The van der Waals surface area contributed by atoms with Gasteiger partial charge in [0, 0.05) is 35.9 Å². The van der Waals surface area contributed by atoms with Crippen LogP contribution in [0.2, 0.25) is 0 Å². The van der Waals surface area contributed by atoms with Crippen molar-refractivity contribution in [1.82, 2.24) is 9.97 Å². The van der Waals surface area contributed by atoms with Crippen LogP contribution in [0.1, 0.15) is 11.1 Å². The van der Waals surface area contributed by atoms with Gasteiger partial charge < -0.3 is 9.47 Å². The first kappa shape index (κ1) is 12.4. The summed E-state index contributed by atoms with van der Waals surface area (Å²) in [5, 5.41) is 0. The predicted molar refractivity (Wildman–Crippen MR) is 69.0 cm³/mol. The minimum atomic E-state index is 0.846. The largest absolute Gasteiger partial charge is 0.496 e. The summed E-state index contributed by atoms with van der Waals surface area (Å²) >= 11 is 0. The molecule has 18 heavy (non-hydrogen) atoms. The second-order valence-corrected chi connectivity index (χ2v) is 3.88. The smallest absolute Gasteiger partial charge is 0.125 e. The van der Waals surface area contributed by atoms with Gasteiger partial charge in [0.25, 0.3) is 0 Å². The molecule has 94 valence electrons. The van der Waals surface area contributed by atoms with E-state index < -0.39 is 0 Å². The maximum atomic E-state index is 5.30. The molecule has 0 aliphatic heterocycles. The molecule has 2 aromatic rings. The summed E-state index contributed by atoms with van der Waals surface area (Å²) in [6.45, 7) is 0. The third-order valence-electron chi connectivity index (χ3n) is 2.82. The third-order valence-corrected chi connectivity index (χ3v) is 2.82. The highest BCUT2D eigenvalue weighted by molar-refractivity contribution is 5.34. The van der Waals surface area contributed by atoms with Crippen LogP contribution in [0.4, 0.5) is 0 Å². The van der Waals surface area contributed by atoms with Gasteiger partial charge in [-0.15, -0.1) is 0 Å². The Labute approximate surface area is 107 Å². The van der Waals surface area contributed by atoms with Crippen LogP contribution in [0.25, 0.3) is 0 Å². The van der Waals surface area contributed by atoms with Gasteiger partial charge in [0.05, 0.1) is 14.2 Å². The zero-order chi connectivity index (χ0) is 12.8. The van der Waals surface area contributed by atoms with E-state index in [2.05, 4.69) is 9.97 Å². The molecule has 0 aromatic carbocycles. The van der Waals surface area contributed by atoms with E-state index in [9.17, 15) is 0 Å². The topological polar surface area (TPSA) is 44.2 Å². The number of hydrogen-bond donors (Lipinski definition) is 0. The second-order valence-electron chi connectivity index (χ2n) is 3.88. The van der Waals surface area contributed by atoms with Gasteiger partial charge >= 0.3 is 0 Å². The summed E-state index contributed by atoms with van der Waals surface area (Å²) in [5.41, 5.74) is 2.18. The number of rotatable bonds is 5.